The molecule has 0 saturated carbocycles. The van der Waals surface area contributed by atoms with Gasteiger partial charge in [0.25, 0.3) is 0 Å². The summed E-state index contributed by atoms with van der Waals surface area (Å²) in [6.45, 7) is 0. The summed E-state index contributed by atoms with van der Waals surface area (Å²) in [6.07, 6.45) is -3.69. The van der Waals surface area contributed by atoms with Crippen LogP contribution in [0.3, 0.4) is 0 Å². The minimum atomic E-state index is -4.32. The van der Waals surface area contributed by atoms with Crippen LogP contribution in [0.1, 0.15) is 22.0 Å². The molecule has 7 heteroatoms. The van der Waals surface area contributed by atoms with Crippen LogP contribution in [-0.2, 0) is 12.6 Å². The molecule has 2 rings (SSSR count). The number of rotatable bonds is 4. The van der Waals surface area contributed by atoms with Gasteiger partial charge in [0.15, 0.2) is 0 Å². The highest BCUT2D eigenvalue weighted by Gasteiger charge is 2.30. The summed E-state index contributed by atoms with van der Waals surface area (Å²) in [5.74, 6) is 5.50. The monoisotopic (exact) mass is 364 g/mol. The fraction of sp³-hybridized carbons (Fsp3) is 0.231. The molecule has 0 aliphatic carbocycles. The Labute approximate surface area is 126 Å². The van der Waals surface area contributed by atoms with Crippen LogP contribution in [0.15, 0.2) is 40.2 Å². The van der Waals surface area contributed by atoms with Crippen molar-refractivity contribution in [1.29, 1.82) is 0 Å². The molecule has 1 atom stereocenters. The fourth-order valence-corrected chi connectivity index (χ4v) is 3.37. The summed E-state index contributed by atoms with van der Waals surface area (Å²) in [7, 11) is 0. The van der Waals surface area contributed by atoms with Crippen molar-refractivity contribution in [3.05, 3.63) is 56.2 Å². The van der Waals surface area contributed by atoms with Gasteiger partial charge in [-0.1, -0.05) is 12.1 Å². The molecule has 1 unspecified atom stereocenters. The summed E-state index contributed by atoms with van der Waals surface area (Å²) in [5, 5.41) is 0. The molecule has 1 aromatic carbocycles. The lowest BCUT2D eigenvalue weighted by atomic mass is 10.0. The third-order valence-corrected chi connectivity index (χ3v) is 4.52. The van der Waals surface area contributed by atoms with Crippen molar-refractivity contribution in [2.75, 3.05) is 0 Å². The van der Waals surface area contributed by atoms with Gasteiger partial charge >= 0.3 is 6.18 Å². The van der Waals surface area contributed by atoms with Crippen molar-refractivity contribution in [2.24, 2.45) is 5.84 Å². The van der Waals surface area contributed by atoms with Crippen LogP contribution < -0.4 is 11.3 Å². The van der Waals surface area contributed by atoms with E-state index in [1.807, 2.05) is 12.1 Å². The highest BCUT2D eigenvalue weighted by atomic mass is 79.9. The van der Waals surface area contributed by atoms with Gasteiger partial charge in [-0.15, -0.1) is 11.3 Å². The number of hydrogen-bond acceptors (Lipinski definition) is 3. The SMILES string of the molecule is NNC(Cc1ccc(Br)s1)c1ccc(C(F)(F)F)cc1. The Morgan fingerprint density at radius 2 is 1.80 bits per heavy atom. The number of thiophene rings is 1. The van der Waals surface area contributed by atoms with Crippen molar-refractivity contribution >= 4 is 27.3 Å². The van der Waals surface area contributed by atoms with Gasteiger partial charge in [-0.25, -0.2) is 0 Å². The molecule has 0 amide bonds. The zero-order chi connectivity index (χ0) is 14.8. The molecular weight excluding hydrogens is 353 g/mol. The Morgan fingerprint density at radius 3 is 2.25 bits per heavy atom. The average molecular weight is 365 g/mol. The predicted octanol–water partition coefficient (Wildman–Crippen LogP) is 4.28. The van der Waals surface area contributed by atoms with E-state index in [0.717, 1.165) is 26.4 Å². The molecule has 0 radical (unpaired) electrons. The first-order chi connectivity index (χ1) is 9.40. The molecule has 1 aromatic heterocycles. The fourth-order valence-electron chi connectivity index (χ4n) is 1.84. The van der Waals surface area contributed by atoms with Crippen LogP contribution in [-0.4, -0.2) is 0 Å². The van der Waals surface area contributed by atoms with Gasteiger partial charge in [-0.3, -0.25) is 11.3 Å². The zero-order valence-electron chi connectivity index (χ0n) is 10.2. The normalized spacial score (nSPS) is 13.4. The van der Waals surface area contributed by atoms with Gasteiger partial charge in [-0.05, 0) is 45.8 Å². The van der Waals surface area contributed by atoms with E-state index >= 15 is 0 Å². The summed E-state index contributed by atoms with van der Waals surface area (Å²) in [4.78, 5) is 1.10. The van der Waals surface area contributed by atoms with E-state index in [4.69, 9.17) is 5.84 Å². The molecule has 0 bridgehead atoms. The number of benzene rings is 1. The van der Waals surface area contributed by atoms with Gasteiger partial charge in [0.2, 0.25) is 0 Å². The van der Waals surface area contributed by atoms with Crippen LogP contribution in [0.25, 0.3) is 0 Å². The van der Waals surface area contributed by atoms with E-state index in [0.29, 0.717) is 6.42 Å². The van der Waals surface area contributed by atoms with Crippen molar-refractivity contribution in [3.8, 4) is 0 Å². The maximum Gasteiger partial charge on any atom is 0.416 e. The lowest BCUT2D eigenvalue weighted by Gasteiger charge is -2.16. The van der Waals surface area contributed by atoms with Gasteiger partial charge in [0.1, 0.15) is 0 Å². The largest absolute Gasteiger partial charge is 0.416 e. The van der Waals surface area contributed by atoms with E-state index in [1.54, 1.807) is 11.3 Å². The number of halogens is 4. The maximum absolute atomic E-state index is 12.5. The Hall–Kier alpha value is -0.890. The maximum atomic E-state index is 12.5. The number of nitrogens with two attached hydrogens (primary N) is 1. The molecule has 3 N–H and O–H groups in total. The third kappa shape index (κ3) is 3.82. The van der Waals surface area contributed by atoms with Crippen LogP contribution in [0, 0.1) is 0 Å². The first kappa shape index (κ1) is 15.5. The van der Waals surface area contributed by atoms with Gasteiger partial charge in [0.05, 0.1) is 15.4 Å². The minimum Gasteiger partial charge on any atom is -0.271 e. The summed E-state index contributed by atoms with van der Waals surface area (Å²) in [6, 6.07) is 8.73. The predicted molar refractivity (Wildman–Crippen MR) is 77.2 cm³/mol. The third-order valence-electron chi connectivity index (χ3n) is 2.88. The molecule has 20 heavy (non-hydrogen) atoms. The number of nitrogens with one attached hydrogen (secondary N) is 1. The Kier molecular flexibility index (Phi) is 4.85. The van der Waals surface area contributed by atoms with Gasteiger partial charge in [-0.2, -0.15) is 13.2 Å². The van der Waals surface area contributed by atoms with Crippen LogP contribution in [0.2, 0.25) is 0 Å². The van der Waals surface area contributed by atoms with Gasteiger partial charge in [0, 0.05) is 11.3 Å². The summed E-state index contributed by atoms with van der Waals surface area (Å²) in [5.41, 5.74) is 2.71. The molecule has 0 aliphatic heterocycles. The molecule has 2 aromatic rings. The second-order valence-electron chi connectivity index (χ2n) is 4.25. The van der Waals surface area contributed by atoms with Crippen molar-refractivity contribution in [1.82, 2.24) is 5.43 Å². The second kappa shape index (κ2) is 6.26. The number of hydrogen-bond donors (Lipinski definition) is 2. The molecule has 0 fully saturated rings. The number of alkyl halides is 3. The molecule has 0 spiro atoms. The second-order valence-corrected chi connectivity index (χ2v) is 6.80. The lowest BCUT2D eigenvalue weighted by Crippen LogP contribution is -2.29. The van der Waals surface area contributed by atoms with Crippen molar-refractivity contribution in [3.63, 3.8) is 0 Å². The van der Waals surface area contributed by atoms with E-state index < -0.39 is 11.7 Å². The van der Waals surface area contributed by atoms with Gasteiger partial charge < -0.3 is 0 Å². The highest BCUT2D eigenvalue weighted by molar-refractivity contribution is 9.11. The van der Waals surface area contributed by atoms with Crippen LogP contribution >= 0.6 is 27.3 Å². The van der Waals surface area contributed by atoms with Crippen molar-refractivity contribution < 1.29 is 13.2 Å². The molecule has 0 aliphatic rings. The summed E-state index contributed by atoms with van der Waals surface area (Å²) < 4.78 is 38.5. The standard InChI is InChI=1S/C13H12BrF3N2S/c14-12-6-5-10(20-12)7-11(19-18)8-1-3-9(4-2-8)13(15,16)17/h1-6,11,19H,7,18H2. The number of hydrazine groups is 1. The molecule has 1 heterocycles. The molecular formula is C13H12BrF3N2S. The van der Waals surface area contributed by atoms with Crippen molar-refractivity contribution in [2.45, 2.75) is 18.6 Å². The average Bonchev–Trinajstić information content (AvgIpc) is 2.81. The Morgan fingerprint density at radius 1 is 1.15 bits per heavy atom. The first-order valence-electron chi connectivity index (χ1n) is 5.77. The first-order valence-corrected chi connectivity index (χ1v) is 7.38. The van der Waals surface area contributed by atoms with E-state index in [1.165, 1.54) is 12.1 Å². The Bertz CT molecular complexity index is 566. The Balaban J connectivity index is 2.15. The van der Waals surface area contributed by atoms with E-state index in [9.17, 15) is 13.2 Å². The van der Waals surface area contributed by atoms with E-state index in [2.05, 4.69) is 21.4 Å². The molecule has 2 nitrogen and oxygen atoms in total. The molecule has 0 saturated heterocycles. The lowest BCUT2D eigenvalue weighted by molar-refractivity contribution is -0.137. The van der Waals surface area contributed by atoms with Crippen LogP contribution in [0.5, 0.6) is 0 Å². The highest BCUT2D eigenvalue weighted by Crippen LogP contribution is 2.31. The molecule has 108 valence electrons. The quantitative estimate of drug-likeness (QED) is 0.627. The zero-order valence-corrected chi connectivity index (χ0v) is 12.6. The summed E-state index contributed by atoms with van der Waals surface area (Å²) >= 11 is 4.95. The topological polar surface area (TPSA) is 38.0 Å². The smallest absolute Gasteiger partial charge is 0.271 e. The minimum absolute atomic E-state index is 0.220. The van der Waals surface area contributed by atoms with Crippen LogP contribution in [0.4, 0.5) is 13.2 Å². The van der Waals surface area contributed by atoms with E-state index in [-0.39, 0.29) is 6.04 Å².